The van der Waals surface area contributed by atoms with E-state index in [4.69, 9.17) is 9.47 Å². The van der Waals surface area contributed by atoms with E-state index < -0.39 is 34.4 Å². The van der Waals surface area contributed by atoms with Crippen molar-refractivity contribution in [2.75, 3.05) is 19.1 Å². The number of benzene rings is 2. The van der Waals surface area contributed by atoms with E-state index in [2.05, 4.69) is 4.98 Å². The summed E-state index contributed by atoms with van der Waals surface area (Å²) in [6.45, 7) is 1.54. The lowest BCUT2D eigenvalue weighted by Gasteiger charge is -2.22. The Morgan fingerprint density at radius 1 is 1.17 bits per heavy atom. The number of anilines is 1. The molecule has 1 aromatic heterocycles. The van der Waals surface area contributed by atoms with E-state index >= 15 is 0 Å². The van der Waals surface area contributed by atoms with Crippen molar-refractivity contribution in [2.24, 2.45) is 0 Å². The molecule has 1 saturated heterocycles. The second-order valence-electron chi connectivity index (χ2n) is 7.66. The first-order valence-electron chi connectivity index (χ1n) is 10.4. The van der Waals surface area contributed by atoms with Gasteiger partial charge in [0.15, 0.2) is 5.13 Å². The number of thiazole rings is 1. The molecule has 1 amide bonds. The van der Waals surface area contributed by atoms with E-state index in [0.717, 1.165) is 16.2 Å². The average Bonchev–Trinajstić information content (AvgIpc) is 3.39. The highest BCUT2D eigenvalue weighted by Gasteiger charge is 2.48. The Hall–Kier alpha value is -4.58. The molecule has 0 saturated carbocycles. The summed E-state index contributed by atoms with van der Waals surface area (Å²) < 4.78 is 9.94. The molecule has 3 aromatic rings. The molecule has 36 heavy (non-hydrogen) atoms. The summed E-state index contributed by atoms with van der Waals surface area (Å²) in [6.07, 6.45) is 0. The van der Waals surface area contributed by atoms with Crippen LogP contribution < -0.4 is 9.64 Å². The summed E-state index contributed by atoms with van der Waals surface area (Å²) in [4.78, 5) is 54.9. The third kappa shape index (κ3) is 4.18. The molecule has 4 rings (SSSR count). The lowest BCUT2D eigenvalue weighted by Crippen LogP contribution is -2.29. The van der Waals surface area contributed by atoms with Crippen LogP contribution in [0.5, 0.6) is 5.75 Å². The Morgan fingerprint density at radius 2 is 1.89 bits per heavy atom. The van der Waals surface area contributed by atoms with Crippen molar-refractivity contribution in [3.8, 4) is 5.75 Å². The number of nitro groups is 1. The number of ether oxygens (including phenoxy) is 2. The Bertz CT molecular complexity index is 1440. The van der Waals surface area contributed by atoms with Crippen LogP contribution in [0.25, 0.3) is 5.76 Å². The van der Waals surface area contributed by atoms with Gasteiger partial charge in [0.25, 0.3) is 11.5 Å². The van der Waals surface area contributed by atoms with Crippen molar-refractivity contribution < 1.29 is 33.9 Å². The molecular formula is C24H19N3O8S. The first kappa shape index (κ1) is 24.5. The number of carbonyl (C=O) groups is 3. The summed E-state index contributed by atoms with van der Waals surface area (Å²) in [5, 5.41) is 22.6. The van der Waals surface area contributed by atoms with Gasteiger partial charge in [0, 0.05) is 17.7 Å². The molecule has 0 radical (unpaired) electrons. The molecule has 0 aliphatic carbocycles. The maximum atomic E-state index is 13.3. The monoisotopic (exact) mass is 509 g/mol. The van der Waals surface area contributed by atoms with E-state index in [9.17, 15) is 29.6 Å². The second-order valence-corrected chi connectivity index (χ2v) is 8.63. The third-order valence-corrected chi connectivity index (χ3v) is 6.68. The molecule has 1 fully saturated rings. The molecule has 184 valence electrons. The minimum absolute atomic E-state index is 0.00352. The maximum Gasteiger partial charge on any atom is 0.350 e. The minimum Gasteiger partial charge on any atom is -0.507 e. The molecule has 12 heteroatoms. The number of amides is 1. The number of nitrogens with zero attached hydrogens (tertiary/aromatic N) is 3. The summed E-state index contributed by atoms with van der Waals surface area (Å²) >= 11 is 0.829. The number of methoxy groups -OCH3 is 2. The number of rotatable bonds is 6. The van der Waals surface area contributed by atoms with Crippen molar-refractivity contribution in [3.05, 3.63) is 85.9 Å². The lowest BCUT2D eigenvalue weighted by molar-refractivity contribution is -0.384. The summed E-state index contributed by atoms with van der Waals surface area (Å²) in [7, 11) is 2.63. The fraction of sp³-hybridized carbons (Fsp3) is 0.167. The number of ketones is 1. The Kier molecular flexibility index (Phi) is 6.53. The lowest BCUT2D eigenvalue weighted by atomic mass is 9.95. The molecule has 2 heterocycles. The standard InChI is InChI=1S/C24H19N3O8S/c1-12-21(23(31)35-3)36-24(25-12)26-18(13-6-4-8-15(10-13)27(32)33)17(20(29)22(26)30)19(28)14-7-5-9-16(11-14)34-2/h4-11,18,28H,1-3H3/b19-17+. The van der Waals surface area contributed by atoms with Gasteiger partial charge in [-0.1, -0.05) is 35.6 Å². The van der Waals surface area contributed by atoms with Gasteiger partial charge < -0.3 is 14.6 Å². The van der Waals surface area contributed by atoms with E-state index in [1.165, 1.54) is 50.6 Å². The first-order chi connectivity index (χ1) is 17.2. The number of hydrogen-bond acceptors (Lipinski definition) is 10. The highest BCUT2D eigenvalue weighted by atomic mass is 32.1. The molecule has 1 unspecified atom stereocenters. The van der Waals surface area contributed by atoms with Gasteiger partial charge in [-0.15, -0.1) is 0 Å². The van der Waals surface area contributed by atoms with Crippen LogP contribution in [-0.4, -0.2) is 46.9 Å². The number of aliphatic hydroxyl groups is 1. The van der Waals surface area contributed by atoms with Crippen molar-refractivity contribution in [3.63, 3.8) is 0 Å². The molecule has 2 aromatic carbocycles. The minimum atomic E-state index is -1.26. The van der Waals surface area contributed by atoms with Gasteiger partial charge >= 0.3 is 11.9 Å². The van der Waals surface area contributed by atoms with Crippen LogP contribution in [-0.2, 0) is 14.3 Å². The quantitative estimate of drug-likeness (QED) is 0.131. The molecule has 0 spiro atoms. The predicted octanol–water partition coefficient (Wildman–Crippen LogP) is 3.78. The molecule has 1 N–H and O–H groups in total. The number of Topliss-reactive ketones (excluding diaryl/α,β-unsaturated/α-hetero) is 1. The Balaban J connectivity index is 1.97. The third-order valence-electron chi connectivity index (χ3n) is 5.55. The van der Waals surface area contributed by atoms with Gasteiger partial charge in [-0.05, 0) is 24.6 Å². The molecule has 0 bridgehead atoms. The average molecular weight is 509 g/mol. The number of aryl methyl sites for hydroxylation is 1. The van der Waals surface area contributed by atoms with Gasteiger partial charge in [0.1, 0.15) is 16.4 Å². The zero-order chi connectivity index (χ0) is 26.1. The maximum absolute atomic E-state index is 13.3. The van der Waals surface area contributed by atoms with E-state index in [0.29, 0.717) is 5.75 Å². The number of esters is 1. The number of non-ortho nitro benzene ring substituents is 1. The summed E-state index contributed by atoms with van der Waals surface area (Å²) in [5.74, 6) is -2.79. The molecule has 1 aliphatic rings. The number of hydrogen-bond donors (Lipinski definition) is 1. The van der Waals surface area contributed by atoms with Crippen LogP contribution in [0.2, 0.25) is 0 Å². The van der Waals surface area contributed by atoms with Crippen molar-refractivity contribution in [2.45, 2.75) is 13.0 Å². The van der Waals surface area contributed by atoms with Crippen molar-refractivity contribution in [1.29, 1.82) is 0 Å². The highest BCUT2D eigenvalue weighted by molar-refractivity contribution is 7.17. The summed E-state index contributed by atoms with van der Waals surface area (Å²) in [6, 6.07) is 10.4. The fourth-order valence-corrected chi connectivity index (χ4v) is 4.86. The largest absolute Gasteiger partial charge is 0.507 e. The van der Waals surface area contributed by atoms with E-state index in [1.54, 1.807) is 19.1 Å². The SMILES string of the molecule is COC(=O)c1sc(N2C(=O)C(=O)/C(=C(/O)c3cccc(OC)c3)C2c2cccc([N+](=O)[O-])c2)nc1C. The number of nitro benzene ring substituents is 1. The van der Waals surface area contributed by atoms with Crippen LogP contribution in [0.4, 0.5) is 10.8 Å². The second kappa shape index (κ2) is 9.58. The van der Waals surface area contributed by atoms with Gasteiger partial charge in [0.05, 0.1) is 36.5 Å². The number of aliphatic hydroxyl groups excluding tert-OH is 1. The molecule has 1 atom stereocenters. The van der Waals surface area contributed by atoms with Gasteiger partial charge in [-0.2, -0.15) is 0 Å². The van der Waals surface area contributed by atoms with Gasteiger partial charge in [-0.25, -0.2) is 9.78 Å². The van der Waals surface area contributed by atoms with Crippen molar-refractivity contribution >= 4 is 45.6 Å². The smallest absolute Gasteiger partial charge is 0.350 e. The normalized spacial score (nSPS) is 16.8. The topological polar surface area (TPSA) is 149 Å². The highest BCUT2D eigenvalue weighted by Crippen LogP contribution is 2.44. The van der Waals surface area contributed by atoms with Crippen LogP contribution >= 0.6 is 11.3 Å². The fourth-order valence-electron chi connectivity index (χ4n) is 3.85. The van der Waals surface area contributed by atoms with E-state index in [-0.39, 0.29) is 38.1 Å². The zero-order valence-electron chi connectivity index (χ0n) is 19.3. The first-order valence-corrected chi connectivity index (χ1v) is 11.2. The molecular weight excluding hydrogens is 490 g/mol. The molecule has 11 nitrogen and oxygen atoms in total. The van der Waals surface area contributed by atoms with Gasteiger partial charge in [-0.3, -0.25) is 24.6 Å². The summed E-state index contributed by atoms with van der Waals surface area (Å²) in [5.41, 5.74) is 0.106. The zero-order valence-corrected chi connectivity index (χ0v) is 20.1. The Morgan fingerprint density at radius 3 is 2.56 bits per heavy atom. The Labute approximate surface area is 208 Å². The van der Waals surface area contributed by atoms with Crippen LogP contribution in [0.15, 0.2) is 54.1 Å². The van der Waals surface area contributed by atoms with Crippen LogP contribution in [0, 0.1) is 17.0 Å². The van der Waals surface area contributed by atoms with Crippen molar-refractivity contribution in [1.82, 2.24) is 4.98 Å². The van der Waals surface area contributed by atoms with Crippen LogP contribution in [0.3, 0.4) is 0 Å². The van der Waals surface area contributed by atoms with E-state index in [1.807, 2.05) is 0 Å². The number of carbonyl (C=O) groups excluding carboxylic acids is 3. The van der Waals surface area contributed by atoms with Crippen LogP contribution in [0.1, 0.15) is 32.5 Å². The van der Waals surface area contributed by atoms with Gasteiger partial charge in [0.2, 0.25) is 0 Å². The number of aromatic nitrogens is 1. The molecule has 1 aliphatic heterocycles. The predicted molar refractivity (Wildman–Crippen MR) is 129 cm³/mol.